The zero-order chi connectivity index (χ0) is 16.7. The van der Waals surface area contributed by atoms with E-state index in [2.05, 4.69) is 31.8 Å². The molecule has 0 fully saturated rings. The summed E-state index contributed by atoms with van der Waals surface area (Å²) in [5.41, 5.74) is 3.72. The van der Waals surface area contributed by atoms with Crippen molar-refractivity contribution in [2.45, 2.75) is 6.42 Å². The van der Waals surface area contributed by atoms with Gasteiger partial charge in [-0.2, -0.15) is 5.10 Å². The first-order valence-corrected chi connectivity index (χ1v) is 7.83. The number of hydrogen-bond acceptors (Lipinski definition) is 3. The average molecular weight is 395 g/mol. The van der Waals surface area contributed by atoms with E-state index in [0.29, 0.717) is 10.7 Å². The normalized spacial score (nSPS) is 10.5. The minimum Gasteiger partial charge on any atom is -0.326 e. The Kier molecular flexibility index (Phi) is 6.31. The number of amides is 2. The lowest BCUT2D eigenvalue weighted by Crippen LogP contribution is -2.24. The number of rotatable bonds is 5. The highest BCUT2D eigenvalue weighted by Gasteiger charge is 2.08. The van der Waals surface area contributed by atoms with E-state index in [-0.39, 0.29) is 6.42 Å². The number of carbonyl (C=O) groups is 2. The first-order valence-electron chi connectivity index (χ1n) is 6.66. The summed E-state index contributed by atoms with van der Waals surface area (Å²) in [5.74, 6) is -0.923. The molecule has 118 valence electrons. The number of benzene rings is 2. The second-order valence-electron chi connectivity index (χ2n) is 4.58. The molecule has 7 heteroatoms. The number of hydrogen-bond donors (Lipinski definition) is 2. The Labute approximate surface area is 146 Å². The van der Waals surface area contributed by atoms with Crippen LogP contribution < -0.4 is 10.7 Å². The highest BCUT2D eigenvalue weighted by molar-refractivity contribution is 9.10. The lowest BCUT2D eigenvalue weighted by Gasteiger charge is -2.04. The summed E-state index contributed by atoms with van der Waals surface area (Å²) in [5, 5.41) is 6.98. The fraction of sp³-hybridized carbons (Fsp3) is 0.0625. The first-order chi connectivity index (χ1) is 11.0. The maximum Gasteiger partial charge on any atom is 0.249 e. The second kappa shape index (κ2) is 8.45. The summed E-state index contributed by atoms with van der Waals surface area (Å²) in [4.78, 5) is 23.3. The molecular formula is C16H13BrClN3O2. The van der Waals surface area contributed by atoms with Crippen LogP contribution in [-0.4, -0.2) is 18.0 Å². The Morgan fingerprint density at radius 2 is 1.70 bits per heavy atom. The number of anilines is 1. The second-order valence-corrected chi connectivity index (χ2v) is 5.93. The molecular weight excluding hydrogens is 382 g/mol. The molecule has 0 saturated carbocycles. The van der Waals surface area contributed by atoms with Crippen LogP contribution in [0.5, 0.6) is 0 Å². The van der Waals surface area contributed by atoms with E-state index in [0.717, 1.165) is 10.0 Å². The van der Waals surface area contributed by atoms with Crippen molar-refractivity contribution >= 4 is 51.2 Å². The van der Waals surface area contributed by atoms with Gasteiger partial charge in [-0.15, -0.1) is 0 Å². The third-order valence-electron chi connectivity index (χ3n) is 2.72. The Bertz CT molecular complexity index is 715. The largest absolute Gasteiger partial charge is 0.326 e. The molecule has 2 aromatic carbocycles. The predicted octanol–water partition coefficient (Wildman–Crippen LogP) is 3.58. The van der Waals surface area contributed by atoms with Crippen LogP contribution in [0.1, 0.15) is 12.0 Å². The van der Waals surface area contributed by atoms with E-state index in [1.165, 1.54) is 6.21 Å². The molecule has 0 heterocycles. The summed E-state index contributed by atoms with van der Waals surface area (Å²) in [6, 6.07) is 14.0. The number of carbonyl (C=O) groups excluding carboxylic acids is 2. The van der Waals surface area contributed by atoms with Crippen molar-refractivity contribution in [3.8, 4) is 0 Å². The fourth-order valence-electron chi connectivity index (χ4n) is 1.65. The number of nitrogens with zero attached hydrogens (tertiary/aromatic N) is 1. The van der Waals surface area contributed by atoms with Crippen LogP contribution in [0.25, 0.3) is 0 Å². The first kappa shape index (κ1) is 17.2. The number of hydrazone groups is 1. The quantitative estimate of drug-likeness (QED) is 0.462. The SMILES string of the molecule is O=C(CC(=O)Nc1ccc(Cl)cc1)NN=Cc1ccc(Br)cc1. The van der Waals surface area contributed by atoms with Gasteiger partial charge in [0, 0.05) is 15.2 Å². The van der Waals surface area contributed by atoms with Crippen molar-refractivity contribution < 1.29 is 9.59 Å². The molecule has 23 heavy (non-hydrogen) atoms. The highest BCUT2D eigenvalue weighted by atomic mass is 79.9. The van der Waals surface area contributed by atoms with Crippen molar-refractivity contribution in [1.82, 2.24) is 5.43 Å². The van der Waals surface area contributed by atoms with Gasteiger partial charge in [0.15, 0.2) is 0 Å². The molecule has 0 spiro atoms. The van der Waals surface area contributed by atoms with Gasteiger partial charge >= 0.3 is 0 Å². The van der Waals surface area contributed by atoms with E-state index in [1.807, 2.05) is 24.3 Å². The van der Waals surface area contributed by atoms with E-state index < -0.39 is 11.8 Å². The highest BCUT2D eigenvalue weighted by Crippen LogP contribution is 2.13. The molecule has 2 rings (SSSR count). The molecule has 2 amide bonds. The summed E-state index contributed by atoms with van der Waals surface area (Å²) in [6.07, 6.45) is 1.18. The Morgan fingerprint density at radius 3 is 2.35 bits per heavy atom. The van der Waals surface area contributed by atoms with Crippen molar-refractivity contribution in [3.05, 3.63) is 63.6 Å². The summed E-state index contributed by atoms with van der Waals surface area (Å²) in [6.45, 7) is 0. The van der Waals surface area contributed by atoms with Gasteiger partial charge in [-0.25, -0.2) is 5.43 Å². The van der Waals surface area contributed by atoms with Crippen LogP contribution in [0.15, 0.2) is 58.1 Å². The van der Waals surface area contributed by atoms with Crippen LogP contribution >= 0.6 is 27.5 Å². The number of halogens is 2. The standard InChI is InChI=1S/C16H13BrClN3O2/c17-12-3-1-11(2-4-12)10-19-21-16(23)9-15(22)20-14-7-5-13(18)6-8-14/h1-8,10H,9H2,(H,20,22)(H,21,23). The Morgan fingerprint density at radius 1 is 1.04 bits per heavy atom. The van der Waals surface area contributed by atoms with Crippen LogP contribution in [-0.2, 0) is 9.59 Å². The molecule has 0 bridgehead atoms. The molecule has 0 unspecified atom stereocenters. The van der Waals surface area contributed by atoms with Crippen LogP contribution in [0, 0.1) is 0 Å². The molecule has 0 aliphatic rings. The van der Waals surface area contributed by atoms with Gasteiger partial charge in [-0.05, 0) is 42.0 Å². The molecule has 2 N–H and O–H groups in total. The Balaban J connectivity index is 1.78. The van der Waals surface area contributed by atoms with Crippen molar-refractivity contribution in [3.63, 3.8) is 0 Å². The molecule has 0 aliphatic carbocycles. The molecule has 5 nitrogen and oxygen atoms in total. The smallest absolute Gasteiger partial charge is 0.249 e. The topological polar surface area (TPSA) is 70.6 Å². The van der Waals surface area contributed by atoms with E-state index >= 15 is 0 Å². The van der Waals surface area contributed by atoms with Crippen molar-refractivity contribution in [2.75, 3.05) is 5.32 Å². The molecule has 0 atom stereocenters. The average Bonchev–Trinajstić information content (AvgIpc) is 2.51. The summed E-state index contributed by atoms with van der Waals surface area (Å²) in [7, 11) is 0. The van der Waals surface area contributed by atoms with Gasteiger partial charge in [-0.1, -0.05) is 39.7 Å². The number of nitrogens with one attached hydrogen (secondary N) is 2. The summed E-state index contributed by atoms with van der Waals surface area (Å²) >= 11 is 9.08. The maximum absolute atomic E-state index is 11.7. The van der Waals surface area contributed by atoms with Gasteiger partial charge in [0.1, 0.15) is 6.42 Å². The monoisotopic (exact) mass is 393 g/mol. The van der Waals surface area contributed by atoms with Crippen LogP contribution in [0.4, 0.5) is 5.69 Å². The Hall–Kier alpha value is -2.18. The molecule has 0 saturated heterocycles. The molecule has 0 radical (unpaired) electrons. The van der Waals surface area contributed by atoms with Crippen molar-refractivity contribution in [2.24, 2.45) is 5.10 Å². The van der Waals surface area contributed by atoms with Crippen LogP contribution in [0.3, 0.4) is 0 Å². The van der Waals surface area contributed by atoms with E-state index in [1.54, 1.807) is 24.3 Å². The van der Waals surface area contributed by atoms with Gasteiger partial charge in [-0.3, -0.25) is 9.59 Å². The lowest BCUT2D eigenvalue weighted by atomic mass is 10.2. The third-order valence-corrected chi connectivity index (χ3v) is 3.50. The minimum atomic E-state index is -0.496. The van der Waals surface area contributed by atoms with Crippen molar-refractivity contribution in [1.29, 1.82) is 0 Å². The molecule has 2 aromatic rings. The lowest BCUT2D eigenvalue weighted by molar-refractivity contribution is -0.126. The van der Waals surface area contributed by atoms with Crippen LogP contribution in [0.2, 0.25) is 5.02 Å². The molecule has 0 aliphatic heterocycles. The van der Waals surface area contributed by atoms with E-state index in [4.69, 9.17) is 11.6 Å². The zero-order valence-electron chi connectivity index (χ0n) is 11.9. The minimum absolute atomic E-state index is 0.319. The van der Waals surface area contributed by atoms with Gasteiger partial charge in [0.05, 0.1) is 6.21 Å². The predicted molar refractivity (Wildman–Crippen MR) is 94.6 cm³/mol. The van der Waals surface area contributed by atoms with Gasteiger partial charge in [0.2, 0.25) is 11.8 Å². The molecule has 0 aromatic heterocycles. The van der Waals surface area contributed by atoms with Gasteiger partial charge < -0.3 is 5.32 Å². The third kappa shape index (κ3) is 6.22. The maximum atomic E-state index is 11.7. The zero-order valence-corrected chi connectivity index (χ0v) is 14.3. The van der Waals surface area contributed by atoms with Gasteiger partial charge in [0.25, 0.3) is 0 Å². The van der Waals surface area contributed by atoms with E-state index in [9.17, 15) is 9.59 Å². The summed E-state index contributed by atoms with van der Waals surface area (Å²) < 4.78 is 0.956. The fourth-order valence-corrected chi connectivity index (χ4v) is 2.04.